The van der Waals surface area contributed by atoms with Crippen molar-refractivity contribution in [1.29, 1.82) is 0 Å². The predicted octanol–water partition coefficient (Wildman–Crippen LogP) is 2.62. The van der Waals surface area contributed by atoms with Crippen molar-refractivity contribution in [1.82, 2.24) is 9.78 Å². The Labute approximate surface area is 141 Å². The molecule has 1 N–H and O–H groups in total. The van der Waals surface area contributed by atoms with Gasteiger partial charge in [0.25, 0.3) is 5.56 Å². The molecule has 0 saturated carbocycles. The fourth-order valence-corrected chi connectivity index (χ4v) is 3.08. The molecule has 1 amide bonds. The monoisotopic (exact) mass is 325 g/mol. The first-order valence-electron chi connectivity index (χ1n) is 8.39. The van der Waals surface area contributed by atoms with Crippen molar-refractivity contribution in [3.8, 4) is 0 Å². The highest BCUT2D eigenvalue weighted by molar-refractivity contribution is 5.90. The van der Waals surface area contributed by atoms with Crippen LogP contribution in [0.25, 0.3) is 0 Å². The maximum Gasteiger partial charge on any atom is 0.267 e. The van der Waals surface area contributed by atoms with Crippen LogP contribution in [0.1, 0.15) is 35.7 Å². The number of nitrogens with one attached hydrogen (secondary N) is 1. The van der Waals surface area contributed by atoms with E-state index in [1.165, 1.54) is 10.2 Å². The van der Waals surface area contributed by atoms with Gasteiger partial charge in [-0.2, -0.15) is 5.10 Å². The van der Waals surface area contributed by atoms with Gasteiger partial charge in [0, 0.05) is 11.8 Å². The van der Waals surface area contributed by atoms with E-state index >= 15 is 0 Å². The summed E-state index contributed by atoms with van der Waals surface area (Å²) in [5, 5.41) is 7.24. The minimum absolute atomic E-state index is 0.0609. The van der Waals surface area contributed by atoms with E-state index in [9.17, 15) is 9.59 Å². The molecule has 1 aromatic heterocycles. The van der Waals surface area contributed by atoms with E-state index < -0.39 is 0 Å². The van der Waals surface area contributed by atoms with Crippen molar-refractivity contribution >= 4 is 11.6 Å². The van der Waals surface area contributed by atoms with E-state index in [4.69, 9.17) is 0 Å². The zero-order chi connectivity index (χ0) is 17.3. The van der Waals surface area contributed by atoms with Crippen molar-refractivity contribution < 1.29 is 4.79 Å². The lowest BCUT2D eigenvalue weighted by Gasteiger charge is -2.20. The Morgan fingerprint density at radius 1 is 1.29 bits per heavy atom. The Bertz CT molecular complexity index is 839. The molecule has 0 spiro atoms. The summed E-state index contributed by atoms with van der Waals surface area (Å²) >= 11 is 0. The summed E-state index contributed by atoms with van der Waals surface area (Å²) in [5.74, 6) is 0.347. The van der Waals surface area contributed by atoms with Gasteiger partial charge in [-0.05, 0) is 67.9 Å². The van der Waals surface area contributed by atoms with Crippen LogP contribution < -0.4 is 10.9 Å². The first-order valence-corrected chi connectivity index (χ1v) is 8.39. The number of amides is 1. The number of fused-ring (bicyclic) bond motifs is 1. The maximum absolute atomic E-state index is 12.2. The molecule has 0 saturated heterocycles. The van der Waals surface area contributed by atoms with Crippen LogP contribution in [0.3, 0.4) is 0 Å². The number of benzene rings is 1. The van der Waals surface area contributed by atoms with Gasteiger partial charge in [0.05, 0.1) is 5.69 Å². The number of aromatic nitrogens is 2. The van der Waals surface area contributed by atoms with Gasteiger partial charge in [-0.1, -0.05) is 13.0 Å². The molecular formula is C19H23N3O2. The number of aryl methyl sites for hydroxylation is 3. The van der Waals surface area contributed by atoms with Crippen molar-refractivity contribution in [2.75, 3.05) is 5.32 Å². The average molecular weight is 325 g/mol. The molecule has 0 aliphatic heterocycles. The molecule has 1 aliphatic rings. The molecule has 1 atom stereocenters. The van der Waals surface area contributed by atoms with Crippen molar-refractivity contribution in [2.45, 2.75) is 46.6 Å². The standard InChI is InChI=1S/C19H23N3O2/c1-12-4-7-17-15(8-12)10-19(24)22(21-17)11-18(23)20-16-6-5-13(2)14(3)9-16/h5-6,9-10,12H,4,7-8,11H2,1-3H3,(H,20,23)/t12-/m0/s1. The molecule has 1 aromatic carbocycles. The van der Waals surface area contributed by atoms with Gasteiger partial charge in [-0.25, -0.2) is 4.68 Å². The molecule has 0 bridgehead atoms. The zero-order valence-electron chi connectivity index (χ0n) is 14.4. The van der Waals surface area contributed by atoms with E-state index in [1.807, 2.05) is 32.0 Å². The summed E-state index contributed by atoms with van der Waals surface area (Å²) < 4.78 is 1.27. The van der Waals surface area contributed by atoms with Crippen molar-refractivity contribution in [2.24, 2.45) is 5.92 Å². The highest BCUT2D eigenvalue weighted by Crippen LogP contribution is 2.22. The molecule has 3 rings (SSSR count). The van der Waals surface area contributed by atoms with E-state index in [1.54, 1.807) is 6.07 Å². The number of hydrogen-bond donors (Lipinski definition) is 1. The topological polar surface area (TPSA) is 64.0 Å². The van der Waals surface area contributed by atoms with Gasteiger partial charge in [-0.15, -0.1) is 0 Å². The number of anilines is 1. The van der Waals surface area contributed by atoms with Crippen LogP contribution in [0.4, 0.5) is 5.69 Å². The third kappa shape index (κ3) is 3.55. The number of nitrogens with zero attached hydrogens (tertiary/aromatic N) is 2. The highest BCUT2D eigenvalue weighted by Gasteiger charge is 2.18. The second kappa shape index (κ2) is 6.59. The minimum Gasteiger partial charge on any atom is -0.324 e. The fraction of sp³-hybridized carbons (Fsp3) is 0.421. The smallest absolute Gasteiger partial charge is 0.267 e. The van der Waals surface area contributed by atoms with E-state index in [-0.39, 0.29) is 18.0 Å². The van der Waals surface area contributed by atoms with E-state index in [0.717, 1.165) is 41.8 Å². The lowest BCUT2D eigenvalue weighted by atomic mass is 9.88. The number of rotatable bonds is 3. The number of hydrogen-bond acceptors (Lipinski definition) is 3. The molecule has 24 heavy (non-hydrogen) atoms. The summed E-state index contributed by atoms with van der Waals surface area (Å²) in [6.07, 6.45) is 2.84. The SMILES string of the molecule is Cc1ccc(NC(=O)Cn2nc3c(cc2=O)C[C@@H](C)CC3)cc1C. The fourth-order valence-electron chi connectivity index (χ4n) is 3.08. The van der Waals surface area contributed by atoms with Gasteiger partial charge in [0.1, 0.15) is 6.54 Å². The minimum atomic E-state index is -0.239. The predicted molar refractivity (Wildman–Crippen MR) is 94.2 cm³/mol. The third-order valence-electron chi connectivity index (χ3n) is 4.69. The summed E-state index contributed by atoms with van der Waals surface area (Å²) in [6, 6.07) is 7.40. The average Bonchev–Trinajstić information content (AvgIpc) is 2.52. The van der Waals surface area contributed by atoms with Crippen LogP contribution in [0.5, 0.6) is 0 Å². The van der Waals surface area contributed by atoms with Crippen LogP contribution >= 0.6 is 0 Å². The Balaban J connectivity index is 1.74. The molecule has 5 nitrogen and oxygen atoms in total. The zero-order valence-corrected chi connectivity index (χ0v) is 14.4. The summed E-state index contributed by atoms with van der Waals surface area (Å²) in [7, 11) is 0. The number of carbonyl (C=O) groups is 1. The highest BCUT2D eigenvalue weighted by atomic mass is 16.2. The first kappa shape index (κ1) is 16.4. The van der Waals surface area contributed by atoms with Gasteiger partial charge >= 0.3 is 0 Å². The Hall–Kier alpha value is -2.43. The molecule has 0 fully saturated rings. The maximum atomic E-state index is 12.2. The molecule has 2 aromatic rings. The van der Waals surface area contributed by atoms with Gasteiger partial charge in [0.15, 0.2) is 0 Å². The molecule has 126 valence electrons. The second-order valence-electron chi connectivity index (χ2n) is 6.81. The van der Waals surface area contributed by atoms with Crippen LogP contribution in [-0.4, -0.2) is 15.7 Å². The van der Waals surface area contributed by atoms with Crippen molar-refractivity contribution in [3.63, 3.8) is 0 Å². The largest absolute Gasteiger partial charge is 0.324 e. The summed E-state index contributed by atoms with van der Waals surface area (Å²) in [6.45, 7) is 6.15. The van der Waals surface area contributed by atoms with Gasteiger partial charge < -0.3 is 5.32 Å². The lowest BCUT2D eigenvalue weighted by Crippen LogP contribution is -2.32. The first-order chi connectivity index (χ1) is 11.4. The van der Waals surface area contributed by atoms with Crippen LogP contribution in [0, 0.1) is 19.8 Å². The van der Waals surface area contributed by atoms with Crippen LogP contribution in [0.2, 0.25) is 0 Å². The Morgan fingerprint density at radius 2 is 2.08 bits per heavy atom. The molecular weight excluding hydrogens is 302 g/mol. The molecule has 1 heterocycles. The number of carbonyl (C=O) groups excluding carboxylic acids is 1. The normalized spacial score (nSPS) is 16.5. The summed E-state index contributed by atoms with van der Waals surface area (Å²) in [5.41, 5.74) is 4.80. The second-order valence-corrected chi connectivity index (χ2v) is 6.81. The molecule has 5 heteroatoms. The third-order valence-corrected chi connectivity index (χ3v) is 4.69. The Kier molecular flexibility index (Phi) is 4.51. The quantitative estimate of drug-likeness (QED) is 0.943. The van der Waals surface area contributed by atoms with E-state index in [0.29, 0.717) is 5.92 Å². The molecule has 1 aliphatic carbocycles. The van der Waals surface area contributed by atoms with Crippen molar-refractivity contribution in [3.05, 3.63) is 57.0 Å². The van der Waals surface area contributed by atoms with Crippen LogP contribution in [-0.2, 0) is 24.2 Å². The Morgan fingerprint density at radius 3 is 2.83 bits per heavy atom. The molecule has 0 radical (unpaired) electrons. The van der Waals surface area contributed by atoms with Gasteiger partial charge in [-0.3, -0.25) is 9.59 Å². The van der Waals surface area contributed by atoms with Gasteiger partial charge in [0.2, 0.25) is 5.91 Å². The van der Waals surface area contributed by atoms with Crippen LogP contribution in [0.15, 0.2) is 29.1 Å². The lowest BCUT2D eigenvalue weighted by molar-refractivity contribution is -0.117. The molecule has 0 unspecified atom stereocenters. The van der Waals surface area contributed by atoms with E-state index in [2.05, 4.69) is 17.3 Å². The summed E-state index contributed by atoms with van der Waals surface area (Å²) in [4.78, 5) is 24.4.